The fraction of sp³-hybridized carbons (Fsp3) is 0.643. The van der Waals surface area contributed by atoms with E-state index in [4.69, 9.17) is 0 Å². The molecule has 0 fully saturated rings. The van der Waals surface area contributed by atoms with Crippen molar-refractivity contribution in [2.24, 2.45) is 0 Å². The van der Waals surface area contributed by atoms with Gasteiger partial charge in [-0.3, -0.25) is 4.57 Å². The van der Waals surface area contributed by atoms with Gasteiger partial charge in [0, 0.05) is 18.7 Å². The fourth-order valence-corrected chi connectivity index (χ4v) is 5.85. The van der Waals surface area contributed by atoms with Crippen molar-refractivity contribution in [2.45, 2.75) is 114 Å². The zero-order valence-electron chi connectivity index (χ0n) is 20.8. The number of benzene rings is 1. The maximum Gasteiger partial charge on any atom is 0.193 e. The van der Waals surface area contributed by atoms with Crippen LogP contribution in [0, 0.1) is 0 Å². The van der Waals surface area contributed by atoms with E-state index < -0.39 is 9.84 Å². The van der Waals surface area contributed by atoms with Gasteiger partial charge < -0.3 is 10.2 Å². The monoisotopic (exact) mass is 491 g/mol. The lowest BCUT2D eigenvalue weighted by molar-refractivity contribution is 0.361. The van der Waals surface area contributed by atoms with Gasteiger partial charge in [-0.05, 0) is 25.0 Å². The SMILES string of the molecule is O=S(=O)(CCCCCCCCCCCCCCCCCCn1c(O)ccc1O)c1ccccc1. The van der Waals surface area contributed by atoms with Crippen LogP contribution in [0.5, 0.6) is 11.8 Å². The molecule has 2 N–H and O–H groups in total. The van der Waals surface area contributed by atoms with E-state index in [1.54, 1.807) is 28.8 Å². The number of nitrogens with zero attached hydrogens (tertiary/aromatic N) is 1. The zero-order chi connectivity index (χ0) is 24.5. The molecule has 1 aromatic heterocycles. The zero-order valence-corrected chi connectivity index (χ0v) is 21.7. The number of unbranched alkanes of at least 4 members (excludes halogenated alkanes) is 15. The highest BCUT2D eigenvalue weighted by Crippen LogP contribution is 2.22. The molecule has 0 spiro atoms. The minimum atomic E-state index is -3.11. The second kappa shape index (κ2) is 16.6. The molecule has 0 aliphatic rings. The summed E-state index contributed by atoms with van der Waals surface area (Å²) in [6.07, 6.45) is 19.3. The molecule has 0 atom stereocenters. The Morgan fingerprint density at radius 3 is 1.35 bits per heavy atom. The molecule has 0 saturated carbocycles. The molecule has 1 aromatic carbocycles. The Hall–Kier alpha value is -1.95. The molecule has 1 heterocycles. The molecular formula is C28H45NO4S. The van der Waals surface area contributed by atoms with E-state index in [9.17, 15) is 18.6 Å². The molecule has 192 valence electrons. The molecule has 0 aliphatic carbocycles. The molecule has 2 aromatic rings. The van der Waals surface area contributed by atoms with E-state index in [2.05, 4.69) is 0 Å². The second-order valence-corrected chi connectivity index (χ2v) is 11.6. The van der Waals surface area contributed by atoms with Crippen LogP contribution in [0.25, 0.3) is 0 Å². The Kier molecular flexibility index (Phi) is 13.8. The molecule has 34 heavy (non-hydrogen) atoms. The molecule has 0 saturated heterocycles. The number of hydrogen-bond acceptors (Lipinski definition) is 4. The summed E-state index contributed by atoms with van der Waals surface area (Å²) >= 11 is 0. The summed E-state index contributed by atoms with van der Waals surface area (Å²) in [6, 6.07) is 11.8. The van der Waals surface area contributed by atoms with Crippen molar-refractivity contribution in [2.75, 3.05) is 5.75 Å². The highest BCUT2D eigenvalue weighted by atomic mass is 32.2. The normalized spacial score (nSPS) is 11.8. The summed E-state index contributed by atoms with van der Waals surface area (Å²) < 4.78 is 26.0. The Bertz CT molecular complexity index is 858. The topological polar surface area (TPSA) is 79.5 Å². The van der Waals surface area contributed by atoms with Gasteiger partial charge >= 0.3 is 0 Å². The van der Waals surface area contributed by atoms with Gasteiger partial charge in [-0.25, -0.2) is 8.42 Å². The third-order valence-electron chi connectivity index (χ3n) is 6.58. The van der Waals surface area contributed by atoms with E-state index >= 15 is 0 Å². The first kappa shape index (κ1) is 28.3. The van der Waals surface area contributed by atoms with Crippen LogP contribution in [-0.4, -0.2) is 29.0 Å². The number of sulfone groups is 1. The highest BCUT2D eigenvalue weighted by molar-refractivity contribution is 7.91. The molecular weight excluding hydrogens is 446 g/mol. The summed E-state index contributed by atoms with van der Waals surface area (Å²) in [6.45, 7) is 0.681. The minimum Gasteiger partial charge on any atom is -0.494 e. The van der Waals surface area contributed by atoms with Crippen molar-refractivity contribution >= 4 is 9.84 Å². The third kappa shape index (κ3) is 11.5. The maximum absolute atomic E-state index is 12.2. The summed E-state index contributed by atoms with van der Waals surface area (Å²) in [5.41, 5.74) is 0. The van der Waals surface area contributed by atoms with Gasteiger partial charge in [0.25, 0.3) is 0 Å². The van der Waals surface area contributed by atoms with Gasteiger partial charge in [0.1, 0.15) is 0 Å². The number of aromatic hydroxyl groups is 2. The first-order valence-electron chi connectivity index (χ1n) is 13.4. The Morgan fingerprint density at radius 2 is 0.912 bits per heavy atom. The number of hydrogen-bond donors (Lipinski definition) is 2. The summed E-state index contributed by atoms with van der Waals surface area (Å²) in [5.74, 6) is 0.550. The van der Waals surface area contributed by atoms with Gasteiger partial charge in [0.2, 0.25) is 0 Å². The van der Waals surface area contributed by atoms with Crippen LogP contribution in [0.2, 0.25) is 0 Å². The van der Waals surface area contributed by atoms with Crippen LogP contribution in [0.3, 0.4) is 0 Å². The van der Waals surface area contributed by atoms with E-state index in [-0.39, 0.29) is 17.5 Å². The molecule has 0 radical (unpaired) electrons. The first-order valence-corrected chi connectivity index (χ1v) is 15.0. The van der Waals surface area contributed by atoms with Gasteiger partial charge in [-0.2, -0.15) is 0 Å². The summed E-state index contributed by atoms with van der Waals surface area (Å²) in [4.78, 5) is 0.447. The lowest BCUT2D eigenvalue weighted by Gasteiger charge is -2.06. The van der Waals surface area contributed by atoms with Gasteiger partial charge in [0.15, 0.2) is 21.6 Å². The Balaban J connectivity index is 1.29. The lowest BCUT2D eigenvalue weighted by atomic mass is 10.0. The van der Waals surface area contributed by atoms with Gasteiger partial charge in [0.05, 0.1) is 10.6 Å². The molecule has 0 unspecified atom stereocenters. The van der Waals surface area contributed by atoms with E-state index in [0.29, 0.717) is 11.4 Å². The van der Waals surface area contributed by atoms with Crippen LogP contribution >= 0.6 is 0 Å². The van der Waals surface area contributed by atoms with Crippen LogP contribution in [0.4, 0.5) is 0 Å². The molecule has 6 heteroatoms. The van der Waals surface area contributed by atoms with Crippen molar-refractivity contribution in [3.63, 3.8) is 0 Å². The van der Waals surface area contributed by atoms with Crippen molar-refractivity contribution in [1.82, 2.24) is 4.57 Å². The van der Waals surface area contributed by atoms with Crippen molar-refractivity contribution in [3.05, 3.63) is 42.5 Å². The van der Waals surface area contributed by atoms with Crippen molar-refractivity contribution < 1.29 is 18.6 Å². The molecule has 0 aliphatic heterocycles. The highest BCUT2D eigenvalue weighted by Gasteiger charge is 2.12. The van der Waals surface area contributed by atoms with Crippen LogP contribution < -0.4 is 0 Å². The van der Waals surface area contributed by atoms with Gasteiger partial charge in [-0.15, -0.1) is 0 Å². The fourth-order valence-electron chi connectivity index (χ4n) is 4.46. The number of rotatable bonds is 20. The van der Waals surface area contributed by atoms with E-state index in [1.807, 2.05) is 6.07 Å². The average molecular weight is 492 g/mol. The predicted octanol–water partition coefficient (Wildman–Crippen LogP) is 7.61. The minimum absolute atomic E-state index is 0.143. The van der Waals surface area contributed by atoms with Crippen LogP contribution in [0.1, 0.15) is 103 Å². The van der Waals surface area contributed by atoms with E-state index in [0.717, 1.165) is 32.1 Å². The van der Waals surface area contributed by atoms with Crippen molar-refractivity contribution in [1.29, 1.82) is 0 Å². The summed E-state index contributed by atoms with van der Waals surface area (Å²) in [5, 5.41) is 19.2. The van der Waals surface area contributed by atoms with Crippen LogP contribution in [0.15, 0.2) is 47.4 Å². The Morgan fingerprint density at radius 1 is 0.529 bits per heavy atom. The van der Waals surface area contributed by atoms with Crippen molar-refractivity contribution in [3.8, 4) is 11.8 Å². The standard InChI is InChI=1S/C28H45NO4S/c30-27-22-23-28(31)29(27)24-18-13-11-9-7-5-3-1-2-4-6-8-10-12-14-19-25-34(32,33)26-20-16-15-17-21-26/h15-17,20-23,30-31H,1-14,18-19,24-25H2. The first-order chi connectivity index (χ1) is 16.5. The molecule has 0 bridgehead atoms. The smallest absolute Gasteiger partial charge is 0.193 e. The third-order valence-corrected chi connectivity index (χ3v) is 8.40. The average Bonchev–Trinajstić information content (AvgIpc) is 3.16. The molecule has 5 nitrogen and oxygen atoms in total. The largest absolute Gasteiger partial charge is 0.494 e. The lowest BCUT2D eigenvalue weighted by Crippen LogP contribution is -2.06. The molecule has 0 amide bonds. The van der Waals surface area contributed by atoms with Gasteiger partial charge in [-0.1, -0.05) is 108 Å². The predicted molar refractivity (Wildman–Crippen MR) is 140 cm³/mol. The summed E-state index contributed by atoms with van der Waals surface area (Å²) in [7, 11) is -3.11. The maximum atomic E-state index is 12.2. The van der Waals surface area contributed by atoms with Crippen LogP contribution in [-0.2, 0) is 16.4 Å². The van der Waals surface area contributed by atoms with E-state index in [1.165, 1.54) is 82.8 Å². The molecule has 2 rings (SSSR count). The number of aromatic nitrogens is 1. The second-order valence-electron chi connectivity index (χ2n) is 9.49. The Labute approximate surface area is 207 Å². The quantitative estimate of drug-likeness (QED) is 0.187.